The van der Waals surface area contributed by atoms with Crippen LogP contribution in [0, 0.1) is 17.0 Å². The van der Waals surface area contributed by atoms with Crippen LogP contribution in [0.2, 0.25) is 0 Å². The number of anilines is 2. The number of amides is 2. The summed E-state index contributed by atoms with van der Waals surface area (Å²) in [5.74, 6) is 0.0662. The van der Waals surface area contributed by atoms with Crippen LogP contribution in [0.25, 0.3) is 0 Å². The lowest BCUT2D eigenvalue weighted by Crippen LogP contribution is -2.27. The first-order chi connectivity index (χ1) is 14.9. The minimum Gasteiger partial charge on any atom is -0.322 e. The van der Waals surface area contributed by atoms with Gasteiger partial charge in [0.2, 0.25) is 5.91 Å². The Morgan fingerprint density at radius 3 is 2.55 bits per heavy atom. The molecule has 7 nitrogen and oxygen atoms in total. The zero-order valence-corrected chi connectivity index (χ0v) is 17.5. The molecule has 1 atom stereocenters. The van der Waals surface area contributed by atoms with Crippen molar-refractivity contribution >= 4 is 40.6 Å². The number of hydrogen-bond acceptors (Lipinski definition) is 5. The van der Waals surface area contributed by atoms with Crippen molar-refractivity contribution in [2.24, 2.45) is 0 Å². The molecule has 31 heavy (non-hydrogen) atoms. The predicted octanol–water partition coefficient (Wildman–Crippen LogP) is 4.93. The smallest absolute Gasteiger partial charge is 0.269 e. The summed E-state index contributed by atoms with van der Waals surface area (Å²) >= 11 is 1.54. The minimum absolute atomic E-state index is 0.0425. The third-order valence-corrected chi connectivity index (χ3v) is 6.13. The van der Waals surface area contributed by atoms with Gasteiger partial charge in [-0.1, -0.05) is 24.3 Å². The molecule has 0 bridgehead atoms. The molecule has 8 heteroatoms. The molecule has 0 spiro atoms. The van der Waals surface area contributed by atoms with Crippen molar-refractivity contribution in [3.8, 4) is 0 Å². The number of nitro groups is 1. The number of non-ortho nitro benzene ring substituents is 1. The van der Waals surface area contributed by atoms with E-state index in [1.165, 1.54) is 24.3 Å². The SMILES string of the molecule is Cc1cccc(N2C(=O)CSC2c2cccc(NC(=O)c3ccc([N+](=O)[O-])cc3)c2)c1. The molecule has 4 rings (SSSR count). The van der Waals surface area contributed by atoms with E-state index in [0.29, 0.717) is 17.0 Å². The number of rotatable bonds is 5. The molecule has 1 aliphatic heterocycles. The highest BCUT2D eigenvalue weighted by atomic mass is 32.2. The van der Waals surface area contributed by atoms with Crippen LogP contribution in [-0.4, -0.2) is 22.5 Å². The molecule has 156 valence electrons. The Morgan fingerprint density at radius 2 is 1.84 bits per heavy atom. The van der Waals surface area contributed by atoms with E-state index < -0.39 is 4.92 Å². The average Bonchev–Trinajstić information content (AvgIpc) is 3.15. The number of hydrogen-bond donors (Lipinski definition) is 1. The van der Waals surface area contributed by atoms with Gasteiger partial charge < -0.3 is 5.32 Å². The molecule has 1 unspecified atom stereocenters. The Morgan fingerprint density at radius 1 is 1.10 bits per heavy atom. The first-order valence-corrected chi connectivity index (χ1v) is 10.6. The molecule has 3 aromatic rings. The Kier molecular flexibility index (Phi) is 5.73. The van der Waals surface area contributed by atoms with Crippen LogP contribution in [0.15, 0.2) is 72.8 Å². The zero-order chi connectivity index (χ0) is 22.0. The molecule has 0 saturated carbocycles. The van der Waals surface area contributed by atoms with Gasteiger partial charge in [0.25, 0.3) is 11.6 Å². The number of nitrogens with one attached hydrogen (secondary N) is 1. The fourth-order valence-electron chi connectivity index (χ4n) is 3.44. The predicted molar refractivity (Wildman–Crippen MR) is 121 cm³/mol. The first-order valence-electron chi connectivity index (χ1n) is 9.58. The number of carbonyl (C=O) groups is 2. The van der Waals surface area contributed by atoms with E-state index in [1.54, 1.807) is 22.7 Å². The molecule has 1 heterocycles. The quantitative estimate of drug-likeness (QED) is 0.455. The minimum atomic E-state index is -0.508. The van der Waals surface area contributed by atoms with Crippen LogP contribution in [0.4, 0.5) is 17.1 Å². The molecule has 0 radical (unpaired) electrons. The fraction of sp³-hybridized carbons (Fsp3) is 0.130. The fourth-order valence-corrected chi connectivity index (χ4v) is 4.60. The van der Waals surface area contributed by atoms with Gasteiger partial charge in [0.15, 0.2) is 0 Å². The lowest BCUT2D eigenvalue weighted by molar-refractivity contribution is -0.384. The van der Waals surface area contributed by atoms with Gasteiger partial charge in [0.1, 0.15) is 5.37 Å². The van der Waals surface area contributed by atoms with Crippen LogP contribution in [-0.2, 0) is 4.79 Å². The lowest BCUT2D eigenvalue weighted by Gasteiger charge is -2.25. The molecule has 3 aromatic carbocycles. The summed E-state index contributed by atoms with van der Waals surface area (Å²) < 4.78 is 0. The van der Waals surface area contributed by atoms with Crippen molar-refractivity contribution in [2.45, 2.75) is 12.3 Å². The lowest BCUT2D eigenvalue weighted by atomic mass is 10.1. The molecule has 1 saturated heterocycles. The van der Waals surface area contributed by atoms with Crippen LogP contribution in [0.3, 0.4) is 0 Å². The van der Waals surface area contributed by atoms with Crippen molar-refractivity contribution < 1.29 is 14.5 Å². The van der Waals surface area contributed by atoms with Gasteiger partial charge in [0.05, 0.1) is 10.7 Å². The van der Waals surface area contributed by atoms with Gasteiger partial charge in [-0.15, -0.1) is 11.8 Å². The molecular weight excluding hydrogens is 414 g/mol. The summed E-state index contributed by atoms with van der Waals surface area (Å²) in [5.41, 5.74) is 3.66. The number of nitro benzene ring substituents is 1. The third-order valence-electron chi connectivity index (χ3n) is 4.92. The second kappa shape index (κ2) is 8.61. The van der Waals surface area contributed by atoms with E-state index >= 15 is 0 Å². The van der Waals surface area contributed by atoms with Gasteiger partial charge in [0, 0.05) is 29.1 Å². The third kappa shape index (κ3) is 4.44. The Balaban J connectivity index is 1.55. The van der Waals surface area contributed by atoms with Crippen molar-refractivity contribution in [1.82, 2.24) is 0 Å². The van der Waals surface area contributed by atoms with Crippen LogP contribution >= 0.6 is 11.8 Å². The number of nitrogens with zero attached hydrogens (tertiary/aromatic N) is 2. The molecular formula is C23H19N3O4S. The van der Waals surface area contributed by atoms with E-state index in [4.69, 9.17) is 0 Å². The number of benzene rings is 3. The van der Waals surface area contributed by atoms with E-state index in [0.717, 1.165) is 16.8 Å². The monoisotopic (exact) mass is 433 g/mol. The summed E-state index contributed by atoms with van der Waals surface area (Å²) in [6, 6.07) is 20.6. The van der Waals surface area contributed by atoms with Crippen molar-refractivity contribution in [1.29, 1.82) is 0 Å². The summed E-state index contributed by atoms with van der Waals surface area (Å²) in [6.45, 7) is 1.99. The maximum atomic E-state index is 12.6. The second-order valence-corrected chi connectivity index (χ2v) is 8.22. The summed E-state index contributed by atoms with van der Waals surface area (Å²) in [5, 5.41) is 13.4. The van der Waals surface area contributed by atoms with Gasteiger partial charge >= 0.3 is 0 Å². The summed E-state index contributed by atoms with van der Waals surface area (Å²) in [4.78, 5) is 37.2. The Labute approximate surface area is 183 Å². The number of thioether (sulfide) groups is 1. The van der Waals surface area contributed by atoms with Gasteiger partial charge in [-0.25, -0.2) is 0 Å². The van der Waals surface area contributed by atoms with E-state index in [1.807, 2.05) is 49.4 Å². The first kappa shape index (κ1) is 20.6. The molecule has 2 amide bonds. The maximum absolute atomic E-state index is 12.6. The number of carbonyl (C=O) groups excluding carboxylic acids is 2. The Hall–Kier alpha value is -3.65. The second-order valence-electron chi connectivity index (χ2n) is 7.15. The van der Waals surface area contributed by atoms with Crippen LogP contribution in [0.5, 0.6) is 0 Å². The van der Waals surface area contributed by atoms with Crippen LogP contribution in [0.1, 0.15) is 26.9 Å². The summed E-state index contributed by atoms with van der Waals surface area (Å²) in [6.07, 6.45) is 0. The summed E-state index contributed by atoms with van der Waals surface area (Å²) in [7, 11) is 0. The Bertz CT molecular complexity index is 1160. The van der Waals surface area contributed by atoms with Crippen molar-refractivity contribution in [2.75, 3.05) is 16.0 Å². The highest BCUT2D eigenvalue weighted by Gasteiger charge is 2.34. The average molecular weight is 433 g/mol. The van der Waals surface area contributed by atoms with Gasteiger partial charge in [-0.05, 0) is 54.4 Å². The molecule has 1 N–H and O–H groups in total. The van der Waals surface area contributed by atoms with Crippen LogP contribution < -0.4 is 10.2 Å². The van der Waals surface area contributed by atoms with E-state index in [2.05, 4.69) is 5.32 Å². The molecule has 1 aliphatic rings. The normalized spacial score (nSPS) is 15.7. The maximum Gasteiger partial charge on any atom is 0.269 e. The standard InChI is InChI=1S/C23H19N3O4S/c1-15-4-2-7-20(12-15)25-21(27)14-31-23(25)17-5-3-6-18(13-17)24-22(28)16-8-10-19(11-9-16)26(29)30/h2-13,23H,14H2,1H3,(H,24,28). The number of aryl methyl sites for hydroxylation is 1. The highest BCUT2D eigenvalue weighted by Crippen LogP contribution is 2.42. The van der Waals surface area contributed by atoms with Gasteiger partial charge in [-0.2, -0.15) is 0 Å². The topological polar surface area (TPSA) is 92.6 Å². The van der Waals surface area contributed by atoms with Crippen molar-refractivity contribution in [3.63, 3.8) is 0 Å². The zero-order valence-electron chi connectivity index (χ0n) is 16.6. The van der Waals surface area contributed by atoms with Gasteiger partial charge in [-0.3, -0.25) is 24.6 Å². The molecule has 1 fully saturated rings. The van der Waals surface area contributed by atoms with Crippen molar-refractivity contribution in [3.05, 3.63) is 99.6 Å². The van der Waals surface area contributed by atoms with E-state index in [-0.39, 0.29) is 22.9 Å². The largest absolute Gasteiger partial charge is 0.322 e. The van der Waals surface area contributed by atoms with E-state index in [9.17, 15) is 19.7 Å². The molecule has 0 aromatic heterocycles. The molecule has 0 aliphatic carbocycles. The highest BCUT2D eigenvalue weighted by molar-refractivity contribution is 8.00.